The number of furan rings is 1. The van der Waals surface area contributed by atoms with Gasteiger partial charge in [0.1, 0.15) is 11.9 Å². The molecular formula is C17H23NO5. The van der Waals surface area contributed by atoms with E-state index in [0.717, 1.165) is 0 Å². The highest BCUT2D eigenvalue weighted by Crippen LogP contribution is 2.34. The van der Waals surface area contributed by atoms with Crippen LogP contribution >= 0.6 is 0 Å². The standard InChI is InChI=1S/C17H23NO5/c1-17(2,3)23-16(20)18-13-6-12(7-14(18)10-22-9-13)15(19)11-4-5-21-8-11/h4-5,8,12-14H,6-7,9-10H2,1-3H3. The van der Waals surface area contributed by atoms with E-state index in [1.165, 1.54) is 12.5 Å². The molecule has 3 heterocycles. The number of morpholine rings is 1. The van der Waals surface area contributed by atoms with Gasteiger partial charge in [-0.25, -0.2) is 4.79 Å². The Hall–Kier alpha value is -1.82. The van der Waals surface area contributed by atoms with E-state index in [9.17, 15) is 9.59 Å². The summed E-state index contributed by atoms with van der Waals surface area (Å²) in [6, 6.07) is 1.46. The quantitative estimate of drug-likeness (QED) is 0.783. The fourth-order valence-corrected chi connectivity index (χ4v) is 3.38. The Kier molecular flexibility index (Phi) is 4.19. The molecule has 126 valence electrons. The largest absolute Gasteiger partial charge is 0.472 e. The normalized spacial score (nSPS) is 27.6. The lowest BCUT2D eigenvalue weighted by Gasteiger charge is -2.47. The van der Waals surface area contributed by atoms with Crippen LogP contribution in [0.5, 0.6) is 0 Å². The van der Waals surface area contributed by atoms with Crippen LogP contribution in [0.25, 0.3) is 0 Å². The van der Waals surface area contributed by atoms with E-state index in [4.69, 9.17) is 13.9 Å². The van der Waals surface area contributed by atoms with Crippen molar-refractivity contribution in [3.8, 4) is 0 Å². The van der Waals surface area contributed by atoms with Crippen LogP contribution in [-0.2, 0) is 9.47 Å². The van der Waals surface area contributed by atoms with Crippen LogP contribution in [0.3, 0.4) is 0 Å². The minimum Gasteiger partial charge on any atom is -0.472 e. The number of hydrogen-bond acceptors (Lipinski definition) is 5. The zero-order valence-corrected chi connectivity index (χ0v) is 13.8. The number of fused-ring (bicyclic) bond motifs is 2. The molecule has 23 heavy (non-hydrogen) atoms. The molecule has 2 aliphatic heterocycles. The summed E-state index contributed by atoms with van der Waals surface area (Å²) in [6.45, 7) is 6.46. The summed E-state index contributed by atoms with van der Waals surface area (Å²) in [7, 11) is 0. The second-order valence-corrected chi connectivity index (χ2v) is 7.28. The number of carbonyl (C=O) groups is 2. The third-order valence-electron chi connectivity index (χ3n) is 4.30. The van der Waals surface area contributed by atoms with Gasteiger partial charge in [-0.2, -0.15) is 0 Å². The first-order chi connectivity index (χ1) is 10.8. The molecule has 0 radical (unpaired) electrons. The number of nitrogens with zero attached hydrogens (tertiary/aromatic N) is 1. The number of carbonyl (C=O) groups excluding carboxylic acids is 2. The molecule has 2 saturated heterocycles. The number of ether oxygens (including phenoxy) is 2. The van der Waals surface area contributed by atoms with Gasteiger partial charge in [0, 0.05) is 5.92 Å². The van der Waals surface area contributed by atoms with Crippen LogP contribution in [0.4, 0.5) is 4.79 Å². The lowest BCUT2D eigenvalue weighted by molar-refractivity contribution is -0.0861. The van der Waals surface area contributed by atoms with Crippen molar-refractivity contribution in [1.82, 2.24) is 4.90 Å². The van der Waals surface area contributed by atoms with E-state index in [-0.39, 0.29) is 29.9 Å². The topological polar surface area (TPSA) is 69.0 Å². The summed E-state index contributed by atoms with van der Waals surface area (Å²) in [6.07, 6.45) is 3.87. The Morgan fingerprint density at radius 2 is 1.87 bits per heavy atom. The summed E-state index contributed by atoms with van der Waals surface area (Å²) in [5.41, 5.74) is 0.0649. The molecule has 0 spiro atoms. The zero-order valence-electron chi connectivity index (χ0n) is 13.8. The maximum Gasteiger partial charge on any atom is 0.410 e. The van der Waals surface area contributed by atoms with Crippen LogP contribution in [0.15, 0.2) is 23.0 Å². The molecule has 6 heteroatoms. The fraction of sp³-hybridized carbons (Fsp3) is 0.647. The second-order valence-electron chi connectivity index (χ2n) is 7.28. The van der Waals surface area contributed by atoms with Gasteiger partial charge >= 0.3 is 6.09 Å². The van der Waals surface area contributed by atoms with Gasteiger partial charge < -0.3 is 13.9 Å². The van der Waals surface area contributed by atoms with E-state index in [1.807, 2.05) is 20.8 Å². The van der Waals surface area contributed by atoms with Crippen LogP contribution in [0, 0.1) is 5.92 Å². The highest BCUT2D eigenvalue weighted by Gasteiger charge is 2.45. The average molecular weight is 321 g/mol. The molecule has 3 rings (SSSR count). The van der Waals surface area contributed by atoms with Crippen molar-refractivity contribution < 1.29 is 23.5 Å². The number of rotatable bonds is 2. The van der Waals surface area contributed by atoms with E-state index < -0.39 is 5.60 Å². The maximum absolute atomic E-state index is 12.6. The monoisotopic (exact) mass is 321 g/mol. The predicted molar refractivity (Wildman–Crippen MR) is 82.2 cm³/mol. The molecule has 0 aromatic carbocycles. The van der Waals surface area contributed by atoms with Gasteiger partial charge in [0.15, 0.2) is 5.78 Å². The molecule has 1 aromatic rings. The SMILES string of the molecule is CC(C)(C)OC(=O)N1C2COCC1CC(C(=O)c1ccoc1)C2. The van der Waals surface area contributed by atoms with Crippen molar-refractivity contribution in [2.75, 3.05) is 13.2 Å². The smallest absolute Gasteiger partial charge is 0.410 e. The van der Waals surface area contributed by atoms with E-state index >= 15 is 0 Å². The molecule has 2 unspecified atom stereocenters. The molecule has 2 atom stereocenters. The molecule has 0 aliphatic carbocycles. The predicted octanol–water partition coefficient (Wildman–Crippen LogP) is 2.88. The highest BCUT2D eigenvalue weighted by molar-refractivity contribution is 5.97. The van der Waals surface area contributed by atoms with E-state index in [0.29, 0.717) is 31.6 Å². The Balaban J connectivity index is 1.73. The number of Topliss-reactive ketones (excluding diaryl/α,β-unsaturated/α-hetero) is 1. The maximum atomic E-state index is 12.6. The zero-order chi connectivity index (χ0) is 16.6. The van der Waals surface area contributed by atoms with Crippen LogP contribution in [0.2, 0.25) is 0 Å². The Bertz CT molecular complexity index is 560. The number of amides is 1. The summed E-state index contributed by atoms with van der Waals surface area (Å²) in [5.74, 6) is -0.0234. The van der Waals surface area contributed by atoms with Crippen molar-refractivity contribution in [1.29, 1.82) is 0 Å². The molecular weight excluding hydrogens is 298 g/mol. The van der Waals surface area contributed by atoms with Gasteiger partial charge in [-0.1, -0.05) is 0 Å². The number of ketones is 1. The first kappa shape index (κ1) is 16.1. The van der Waals surface area contributed by atoms with Crippen molar-refractivity contribution >= 4 is 11.9 Å². The summed E-state index contributed by atoms with van der Waals surface area (Å²) in [4.78, 5) is 26.8. The van der Waals surface area contributed by atoms with Gasteiger partial charge in [-0.15, -0.1) is 0 Å². The van der Waals surface area contributed by atoms with Crippen molar-refractivity contribution in [2.24, 2.45) is 5.92 Å². The third-order valence-corrected chi connectivity index (χ3v) is 4.30. The van der Waals surface area contributed by atoms with Gasteiger partial charge in [0.2, 0.25) is 0 Å². The summed E-state index contributed by atoms with van der Waals surface area (Å²) >= 11 is 0. The summed E-state index contributed by atoms with van der Waals surface area (Å²) < 4.78 is 16.1. The lowest BCUT2D eigenvalue weighted by atomic mass is 9.81. The average Bonchev–Trinajstić information content (AvgIpc) is 2.97. The molecule has 1 aromatic heterocycles. The number of hydrogen-bond donors (Lipinski definition) is 0. The van der Waals surface area contributed by atoms with Crippen LogP contribution in [0.1, 0.15) is 44.0 Å². The van der Waals surface area contributed by atoms with Crippen LogP contribution in [-0.4, -0.2) is 47.7 Å². The fourth-order valence-electron chi connectivity index (χ4n) is 3.38. The molecule has 1 amide bonds. The van der Waals surface area contributed by atoms with E-state index in [2.05, 4.69) is 0 Å². The molecule has 2 bridgehead atoms. The Labute approximate surface area is 135 Å². The van der Waals surface area contributed by atoms with Crippen molar-refractivity contribution in [2.45, 2.75) is 51.3 Å². The highest BCUT2D eigenvalue weighted by atomic mass is 16.6. The Morgan fingerprint density at radius 1 is 1.22 bits per heavy atom. The lowest BCUT2D eigenvalue weighted by Crippen LogP contribution is -2.60. The van der Waals surface area contributed by atoms with Gasteiger partial charge in [0.25, 0.3) is 0 Å². The van der Waals surface area contributed by atoms with Crippen LogP contribution < -0.4 is 0 Å². The first-order valence-electron chi connectivity index (χ1n) is 8.00. The minimum atomic E-state index is -0.532. The molecule has 2 fully saturated rings. The Morgan fingerprint density at radius 3 is 2.39 bits per heavy atom. The van der Waals surface area contributed by atoms with Gasteiger partial charge in [-0.3, -0.25) is 9.69 Å². The molecule has 0 N–H and O–H groups in total. The molecule has 6 nitrogen and oxygen atoms in total. The van der Waals surface area contributed by atoms with Gasteiger partial charge in [-0.05, 0) is 39.7 Å². The third kappa shape index (κ3) is 3.42. The van der Waals surface area contributed by atoms with Gasteiger partial charge in [0.05, 0.1) is 37.1 Å². The second kappa shape index (κ2) is 6.00. The van der Waals surface area contributed by atoms with Crippen molar-refractivity contribution in [3.63, 3.8) is 0 Å². The first-order valence-corrected chi connectivity index (χ1v) is 8.00. The number of piperidine rings is 1. The van der Waals surface area contributed by atoms with E-state index in [1.54, 1.807) is 11.0 Å². The summed E-state index contributed by atoms with van der Waals surface area (Å²) in [5, 5.41) is 0. The molecule has 0 saturated carbocycles. The van der Waals surface area contributed by atoms with Crippen molar-refractivity contribution in [3.05, 3.63) is 24.2 Å². The minimum absolute atomic E-state index is 0.0829. The molecule has 2 aliphatic rings.